The van der Waals surface area contributed by atoms with E-state index in [4.69, 9.17) is 9.41 Å². The molecule has 0 aromatic carbocycles. The van der Waals surface area contributed by atoms with E-state index in [-0.39, 0.29) is 62.2 Å². The van der Waals surface area contributed by atoms with Crippen molar-refractivity contribution < 1.29 is 30.6 Å². The first kappa shape index (κ1) is 30.0. The second-order valence-corrected chi connectivity index (χ2v) is 10.3. The first-order valence-corrected chi connectivity index (χ1v) is 9.43. The van der Waals surface area contributed by atoms with E-state index in [1.165, 1.54) is 0 Å². The summed E-state index contributed by atoms with van der Waals surface area (Å²) in [6.07, 6.45) is 10.0. The number of hydrogen-bond acceptors (Lipinski definition) is 1. The van der Waals surface area contributed by atoms with Crippen molar-refractivity contribution in [3.8, 4) is 0 Å². The molecule has 0 spiro atoms. The zero-order valence-corrected chi connectivity index (χ0v) is 19.7. The van der Waals surface area contributed by atoms with E-state index in [0.717, 1.165) is 6.42 Å². The molecule has 6 heteroatoms. The molecule has 1 aliphatic rings. The van der Waals surface area contributed by atoms with E-state index in [1.54, 1.807) is 0 Å². The van der Waals surface area contributed by atoms with Gasteiger partial charge in [-0.15, -0.1) is 36.8 Å². The molecule has 0 heterocycles. The summed E-state index contributed by atoms with van der Waals surface area (Å²) in [5, 5.41) is 0. The standard InChI is InChI=1S/C10H24NOSi.C5H5.2ClH.Zr/c1-9(2,3)11-13(7,8)12-10(4,5)6;1-2-4-5-3-1;;;/h1-8H3;1-3H,4H2;2*1H;/q2*-1;;;+2. The monoisotopic (exact) mass is 429 g/mol. The SMILES string of the molecule is CC(C)(C)[N-][Si](C)(C)OC(C)(C)C.Cl.Cl.[C-]1=CC=CC1.[Zr+2]. The van der Waals surface area contributed by atoms with Gasteiger partial charge in [0.25, 0.3) is 0 Å². The van der Waals surface area contributed by atoms with Gasteiger partial charge in [-0.05, 0) is 20.8 Å². The van der Waals surface area contributed by atoms with Gasteiger partial charge < -0.3 is 9.41 Å². The summed E-state index contributed by atoms with van der Waals surface area (Å²) in [5.74, 6) is 0. The Hall–Kier alpha value is 1.08. The molecule has 0 unspecified atom stereocenters. The minimum Gasteiger partial charge on any atom is -0.637 e. The Morgan fingerprint density at radius 1 is 1.05 bits per heavy atom. The van der Waals surface area contributed by atoms with E-state index in [2.05, 4.69) is 66.8 Å². The van der Waals surface area contributed by atoms with Crippen LogP contribution in [0.25, 0.3) is 4.98 Å². The minimum atomic E-state index is -1.85. The van der Waals surface area contributed by atoms with Gasteiger partial charge in [0.1, 0.15) is 0 Å². The molecule has 0 atom stereocenters. The normalized spacial score (nSPS) is 13.3. The fraction of sp³-hybridized carbons (Fsp3) is 0.733. The smallest absolute Gasteiger partial charge is 0.637 e. The predicted molar refractivity (Wildman–Crippen MR) is 97.5 cm³/mol. The number of allylic oxidation sites excluding steroid dienone is 4. The van der Waals surface area contributed by atoms with Crippen LogP contribution in [0.5, 0.6) is 0 Å². The van der Waals surface area contributed by atoms with E-state index >= 15 is 0 Å². The Kier molecular flexibility index (Phi) is 17.9. The molecule has 0 bridgehead atoms. The van der Waals surface area contributed by atoms with Crippen LogP contribution in [0.1, 0.15) is 48.0 Å². The summed E-state index contributed by atoms with van der Waals surface area (Å²) >= 11 is 0. The zero-order valence-electron chi connectivity index (χ0n) is 14.6. The first-order chi connectivity index (χ1) is 7.91. The molecule has 21 heavy (non-hydrogen) atoms. The topological polar surface area (TPSA) is 23.3 Å². The maximum Gasteiger partial charge on any atom is 2.00 e. The average Bonchev–Trinajstić information content (AvgIpc) is 2.47. The van der Waals surface area contributed by atoms with Crippen molar-refractivity contribution >= 4 is 33.3 Å². The van der Waals surface area contributed by atoms with Crippen LogP contribution in [0.3, 0.4) is 0 Å². The molecule has 0 radical (unpaired) electrons. The van der Waals surface area contributed by atoms with Crippen molar-refractivity contribution in [3.05, 3.63) is 29.3 Å². The summed E-state index contributed by atoms with van der Waals surface area (Å²) in [6, 6.07) is 0. The van der Waals surface area contributed by atoms with Crippen molar-refractivity contribution in [1.29, 1.82) is 0 Å². The van der Waals surface area contributed by atoms with Gasteiger partial charge in [-0.1, -0.05) is 33.9 Å². The fourth-order valence-electron chi connectivity index (χ4n) is 1.92. The van der Waals surface area contributed by atoms with Crippen molar-refractivity contribution in [2.24, 2.45) is 0 Å². The van der Waals surface area contributed by atoms with Gasteiger partial charge in [0.2, 0.25) is 0 Å². The fourth-order valence-corrected chi connectivity index (χ4v) is 5.08. The molecule has 2 nitrogen and oxygen atoms in total. The number of rotatable bonds is 2. The van der Waals surface area contributed by atoms with Crippen LogP contribution in [-0.2, 0) is 30.6 Å². The minimum absolute atomic E-state index is 0. The summed E-state index contributed by atoms with van der Waals surface area (Å²) < 4.78 is 5.97. The third-order valence-corrected chi connectivity index (χ3v) is 4.07. The quantitative estimate of drug-likeness (QED) is 0.399. The Morgan fingerprint density at radius 3 is 1.71 bits per heavy atom. The van der Waals surface area contributed by atoms with Gasteiger partial charge in [0.05, 0.1) is 8.48 Å². The molecule has 0 amide bonds. The maximum absolute atomic E-state index is 5.97. The predicted octanol–water partition coefficient (Wildman–Crippen LogP) is 5.82. The molecule has 1 aliphatic carbocycles. The number of nitrogens with zero attached hydrogens (tertiary/aromatic N) is 1. The second kappa shape index (κ2) is 12.5. The molecule has 0 aromatic rings. The Bertz CT molecular complexity index is 280. The molecule has 0 fully saturated rings. The van der Waals surface area contributed by atoms with Crippen molar-refractivity contribution in [3.63, 3.8) is 0 Å². The molecular formula is C15H31Cl2NOSiZr. The number of hydrogen-bond donors (Lipinski definition) is 0. The maximum atomic E-state index is 5.97. The van der Waals surface area contributed by atoms with Gasteiger partial charge in [0, 0.05) is 5.60 Å². The van der Waals surface area contributed by atoms with E-state index < -0.39 is 8.48 Å². The molecule has 0 saturated carbocycles. The van der Waals surface area contributed by atoms with E-state index in [1.807, 2.05) is 12.2 Å². The van der Waals surface area contributed by atoms with Crippen molar-refractivity contribution in [1.82, 2.24) is 0 Å². The average molecular weight is 432 g/mol. The van der Waals surface area contributed by atoms with Gasteiger partial charge in [-0.2, -0.15) is 6.08 Å². The Labute approximate surface area is 164 Å². The van der Waals surface area contributed by atoms with Crippen LogP contribution in [0, 0.1) is 6.08 Å². The summed E-state index contributed by atoms with van der Waals surface area (Å²) in [5.41, 5.74) is -0.0640. The van der Waals surface area contributed by atoms with E-state index in [9.17, 15) is 0 Å². The largest absolute Gasteiger partial charge is 2.00 e. The molecule has 0 N–H and O–H groups in total. The first-order valence-electron chi connectivity index (χ1n) is 6.57. The van der Waals surface area contributed by atoms with Gasteiger partial charge in [0.15, 0.2) is 0 Å². The molecule has 0 aromatic heterocycles. The summed E-state index contributed by atoms with van der Waals surface area (Å²) in [4.78, 5) is 4.74. The van der Waals surface area contributed by atoms with Crippen molar-refractivity contribution in [2.75, 3.05) is 0 Å². The molecule has 1 rings (SSSR count). The van der Waals surface area contributed by atoms with Crippen molar-refractivity contribution in [2.45, 2.75) is 72.2 Å². The van der Waals surface area contributed by atoms with Crippen LogP contribution in [0.2, 0.25) is 13.1 Å². The van der Waals surface area contributed by atoms with Crippen LogP contribution in [0.4, 0.5) is 0 Å². The molecular weight excluding hydrogens is 400 g/mol. The van der Waals surface area contributed by atoms with Gasteiger partial charge in [-0.25, -0.2) is 12.2 Å². The van der Waals surface area contributed by atoms with Gasteiger partial charge >= 0.3 is 26.2 Å². The number of halogens is 2. The summed E-state index contributed by atoms with van der Waals surface area (Å²) in [7, 11) is -1.85. The van der Waals surface area contributed by atoms with E-state index in [0.29, 0.717) is 0 Å². The Morgan fingerprint density at radius 2 is 1.52 bits per heavy atom. The summed E-state index contributed by atoms with van der Waals surface area (Å²) in [6.45, 7) is 16.9. The van der Waals surface area contributed by atoms with Crippen LogP contribution < -0.4 is 0 Å². The molecule has 124 valence electrons. The third-order valence-electron chi connectivity index (χ3n) is 1.75. The Balaban J connectivity index is -0.000000154. The molecule has 0 aliphatic heterocycles. The van der Waals surface area contributed by atoms with Crippen LogP contribution >= 0.6 is 24.8 Å². The third kappa shape index (κ3) is 23.5. The molecule has 0 saturated heterocycles. The zero-order chi connectivity index (χ0) is 14.4. The van der Waals surface area contributed by atoms with Crippen LogP contribution in [-0.4, -0.2) is 19.6 Å². The van der Waals surface area contributed by atoms with Crippen LogP contribution in [0.15, 0.2) is 18.2 Å². The van der Waals surface area contributed by atoms with Gasteiger partial charge in [-0.3, -0.25) is 6.08 Å². The second-order valence-electron chi connectivity index (χ2n) is 6.95.